The summed E-state index contributed by atoms with van der Waals surface area (Å²) in [6, 6.07) is 13.1. The maximum absolute atomic E-state index is 12.9. The van der Waals surface area contributed by atoms with Gasteiger partial charge in [-0.1, -0.05) is 35.9 Å². The molecule has 0 bridgehead atoms. The number of thioether (sulfide) groups is 1. The minimum absolute atomic E-state index is 0.147. The van der Waals surface area contributed by atoms with Crippen molar-refractivity contribution >= 4 is 27.7 Å². The number of morpholine rings is 1. The van der Waals surface area contributed by atoms with E-state index in [9.17, 15) is 13.2 Å². The topological polar surface area (TPSA) is 75.7 Å². The van der Waals surface area contributed by atoms with E-state index < -0.39 is 10.0 Å². The molecule has 1 aliphatic rings. The van der Waals surface area contributed by atoms with Gasteiger partial charge in [-0.2, -0.15) is 16.1 Å². The molecule has 0 saturated carbocycles. The van der Waals surface area contributed by atoms with Crippen molar-refractivity contribution < 1.29 is 17.9 Å². The molecule has 8 heteroatoms. The summed E-state index contributed by atoms with van der Waals surface area (Å²) in [5.74, 6) is 1.43. The Bertz CT molecular complexity index is 986. The van der Waals surface area contributed by atoms with Crippen molar-refractivity contribution in [3.05, 3.63) is 64.7 Å². The summed E-state index contributed by atoms with van der Waals surface area (Å²) in [6.45, 7) is 5.84. The summed E-state index contributed by atoms with van der Waals surface area (Å²) in [5, 5.41) is 2.91. The van der Waals surface area contributed by atoms with Gasteiger partial charge in [-0.05, 0) is 37.1 Å². The molecule has 0 radical (unpaired) electrons. The van der Waals surface area contributed by atoms with E-state index in [1.165, 1.54) is 21.5 Å². The average molecular weight is 449 g/mol. The molecule has 0 aromatic heterocycles. The molecule has 3 rings (SSSR count). The normalized spacial score (nSPS) is 15.1. The number of nitrogens with one attached hydrogen (secondary N) is 1. The van der Waals surface area contributed by atoms with E-state index in [1.54, 1.807) is 23.9 Å². The lowest BCUT2D eigenvalue weighted by molar-refractivity contribution is 0.0730. The van der Waals surface area contributed by atoms with Crippen LogP contribution >= 0.6 is 11.8 Å². The molecule has 1 fully saturated rings. The predicted molar refractivity (Wildman–Crippen MR) is 120 cm³/mol. The lowest BCUT2D eigenvalue weighted by Crippen LogP contribution is -2.40. The van der Waals surface area contributed by atoms with Crippen molar-refractivity contribution in [2.75, 3.05) is 38.6 Å². The highest BCUT2D eigenvalue weighted by atomic mass is 32.2. The number of carbonyl (C=O) groups is 1. The number of hydrogen-bond acceptors (Lipinski definition) is 5. The second-order valence-corrected chi connectivity index (χ2v) is 10.3. The summed E-state index contributed by atoms with van der Waals surface area (Å²) in [6.07, 6.45) is 0. The van der Waals surface area contributed by atoms with Crippen LogP contribution in [0, 0.1) is 13.8 Å². The third kappa shape index (κ3) is 5.85. The molecule has 1 saturated heterocycles. The average Bonchev–Trinajstić information content (AvgIpc) is 2.74. The Morgan fingerprint density at radius 3 is 2.63 bits per heavy atom. The summed E-state index contributed by atoms with van der Waals surface area (Å²) in [5.41, 5.74) is 3.65. The standard InChI is InChI=1S/C22H28N2O4S2/c1-17-4-3-5-19(14-17)16-29-13-8-23-22(25)21-15-20(7-6-18(21)2)30(26,27)24-9-11-28-12-10-24/h3-7,14-15H,8-13,16H2,1-2H3,(H,23,25). The molecule has 1 heterocycles. The second kappa shape index (κ2) is 10.4. The molecule has 0 unspecified atom stereocenters. The van der Waals surface area contributed by atoms with Crippen LogP contribution in [0.2, 0.25) is 0 Å². The number of rotatable bonds is 8. The highest BCUT2D eigenvalue weighted by Gasteiger charge is 2.27. The lowest BCUT2D eigenvalue weighted by atomic mass is 10.1. The molecule has 0 spiro atoms. The first-order valence-electron chi connectivity index (χ1n) is 9.98. The van der Waals surface area contributed by atoms with Gasteiger partial charge in [-0.25, -0.2) is 8.42 Å². The van der Waals surface area contributed by atoms with Gasteiger partial charge in [0.1, 0.15) is 0 Å². The number of nitrogens with zero attached hydrogens (tertiary/aromatic N) is 1. The fourth-order valence-corrected chi connectivity index (χ4v) is 5.51. The van der Waals surface area contributed by atoms with E-state index in [-0.39, 0.29) is 10.8 Å². The van der Waals surface area contributed by atoms with Gasteiger partial charge in [0.05, 0.1) is 18.1 Å². The fraction of sp³-hybridized carbons (Fsp3) is 0.409. The number of aryl methyl sites for hydroxylation is 2. The molecule has 2 aromatic carbocycles. The first-order chi connectivity index (χ1) is 14.4. The van der Waals surface area contributed by atoms with Gasteiger partial charge in [0.15, 0.2) is 0 Å². The van der Waals surface area contributed by atoms with E-state index in [0.717, 1.165) is 17.1 Å². The number of hydrogen-bond donors (Lipinski definition) is 1. The van der Waals surface area contributed by atoms with E-state index in [0.29, 0.717) is 38.4 Å². The Kier molecular flexibility index (Phi) is 7.93. The minimum Gasteiger partial charge on any atom is -0.379 e. The molecule has 1 N–H and O–H groups in total. The maximum atomic E-state index is 12.9. The number of amides is 1. The van der Waals surface area contributed by atoms with Gasteiger partial charge in [-0.15, -0.1) is 0 Å². The molecule has 0 atom stereocenters. The molecule has 1 aliphatic heterocycles. The molecule has 0 aliphatic carbocycles. The predicted octanol–water partition coefficient (Wildman–Crippen LogP) is 2.99. The Morgan fingerprint density at radius 2 is 1.90 bits per heavy atom. The van der Waals surface area contributed by atoms with Gasteiger partial charge in [0, 0.05) is 36.7 Å². The first kappa shape index (κ1) is 22.8. The number of sulfonamides is 1. The SMILES string of the molecule is Cc1cccc(CSCCNC(=O)c2cc(S(=O)(=O)N3CCOCC3)ccc2C)c1. The van der Waals surface area contributed by atoms with Gasteiger partial charge >= 0.3 is 0 Å². The van der Waals surface area contributed by atoms with Crippen LogP contribution in [0.4, 0.5) is 0 Å². The van der Waals surface area contributed by atoms with Gasteiger partial charge in [0.2, 0.25) is 10.0 Å². The summed E-state index contributed by atoms with van der Waals surface area (Å²) < 4.78 is 32.4. The van der Waals surface area contributed by atoms with E-state index in [4.69, 9.17) is 4.74 Å². The van der Waals surface area contributed by atoms with Crippen molar-refractivity contribution in [1.82, 2.24) is 9.62 Å². The van der Waals surface area contributed by atoms with Crippen LogP contribution in [0.25, 0.3) is 0 Å². The fourth-order valence-electron chi connectivity index (χ4n) is 3.27. The Morgan fingerprint density at radius 1 is 1.13 bits per heavy atom. The monoisotopic (exact) mass is 448 g/mol. The van der Waals surface area contributed by atoms with Gasteiger partial charge in [-0.3, -0.25) is 4.79 Å². The van der Waals surface area contributed by atoms with Crippen molar-refractivity contribution in [3.63, 3.8) is 0 Å². The van der Waals surface area contributed by atoms with E-state index >= 15 is 0 Å². The second-order valence-electron chi connectivity index (χ2n) is 7.29. The zero-order valence-corrected chi connectivity index (χ0v) is 19.0. The summed E-state index contributed by atoms with van der Waals surface area (Å²) in [4.78, 5) is 12.8. The Labute approximate surface area is 183 Å². The maximum Gasteiger partial charge on any atom is 0.251 e. The van der Waals surface area contributed by atoms with E-state index in [1.807, 2.05) is 13.0 Å². The molecule has 2 aromatic rings. The molecular formula is C22H28N2O4S2. The summed E-state index contributed by atoms with van der Waals surface area (Å²) >= 11 is 1.75. The third-order valence-corrected chi connectivity index (χ3v) is 7.87. The van der Waals surface area contributed by atoms with Crippen LogP contribution in [0.1, 0.15) is 27.0 Å². The molecule has 6 nitrogen and oxygen atoms in total. The highest BCUT2D eigenvalue weighted by molar-refractivity contribution is 7.98. The lowest BCUT2D eigenvalue weighted by Gasteiger charge is -2.26. The first-order valence-corrected chi connectivity index (χ1v) is 12.6. The molecular weight excluding hydrogens is 420 g/mol. The van der Waals surface area contributed by atoms with Crippen molar-refractivity contribution in [2.24, 2.45) is 0 Å². The van der Waals surface area contributed by atoms with Crippen molar-refractivity contribution in [1.29, 1.82) is 0 Å². The highest BCUT2D eigenvalue weighted by Crippen LogP contribution is 2.21. The Hall–Kier alpha value is -1.87. The quantitative estimate of drug-likeness (QED) is 0.629. The zero-order valence-electron chi connectivity index (χ0n) is 17.4. The third-order valence-electron chi connectivity index (χ3n) is 4.94. The Balaban J connectivity index is 1.57. The summed E-state index contributed by atoms with van der Waals surface area (Å²) in [7, 11) is -3.63. The van der Waals surface area contributed by atoms with Crippen LogP contribution in [0.15, 0.2) is 47.4 Å². The van der Waals surface area contributed by atoms with Crippen molar-refractivity contribution in [2.45, 2.75) is 24.5 Å². The zero-order chi connectivity index (χ0) is 21.6. The number of ether oxygens (including phenoxy) is 1. The van der Waals surface area contributed by atoms with Crippen LogP contribution in [-0.2, 0) is 20.5 Å². The largest absolute Gasteiger partial charge is 0.379 e. The van der Waals surface area contributed by atoms with Crippen LogP contribution in [0.3, 0.4) is 0 Å². The molecule has 30 heavy (non-hydrogen) atoms. The van der Waals surface area contributed by atoms with E-state index in [2.05, 4.69) is 30.4 Å². The van der Waals surface area contributed by atoms with Gasteiger partial charge < -0.3 is 10.1 Å². The van der Waals surface area contributed by atoms with Crippen LogP contribution in [-0.4, -0.2) is 57.2 Å². The number of benzene rings is 2. The van der Waals surface area contributed by atoms with Crippen molar-refractivity contribution in [3.8, 4) is 0 Å². The molecule has 162 valence electrons. The van der Waals surface area contributed by atoms with Gasteiger partial charge in [0.25, 0.3) is 5.91 Å². The minimum atomic E-state index is -3.63. The smallest absolute Gasteiger partial charge is 0.251 e. The van der Waals surface area contributed by atoms with Crippen LogP contribution in [0.5, 0.6) is 0 Å². The number of carbonyl (C=O) groups excluding carboxylic acids is 1. The van der Waals surface area contributed by atoms with Crippen LogP contribution < -0.4 is 5.32 Å². The molecule has 1 amide bonds.